The molecule has 0 bridgehead atoms. The summed E-state index contributed by atoms with van der Waals surface area (Å²) in [5.74, 6) is 0.824. The standard InChI is InChI=1S/C27H23NO/c1-29-26-19-17-25(18-20-26)28-21-27(22-11-5-2-6-12-22,23-13-7-3-8-14-23)24-15-9-4-10-16-24/h2-21H,1H3. The average Bonchev–Trinajstić information content (AvgIpc) is 2.82. The molecule has 0 aromatic heterocycles. The maximum atomic E-state index is 5.27. The minimum atomic E-state index is -0.496. The number of nitrogens with zero attached hydrogens (tertiary/aromatic N) is 1. The van der Waals surface area contributed by atoms with Crippen molar-refractivity contribution in [3.63, 3.8) is 0 Å². The predicted molar refractivity (Wildman–Crippen MR) is 120 cm³/mol. The van der Waals surface area contributed by atoms with Crippen molar-refractivity contribution in [3.8, 4) is 5.75 Å². The van der Waals surface area contributed by atoms with Crippen molar-refractivity contribution in [2.24, 2.45) is 4.99 Å². The number of hydrogen-bond donors (Lipinski definition) is 0. The van der Waals surface area contributed by atoms with Gasteiger partial charge >= 0.3 is 0 Å². The zero-order valence-electron chi connectivity index (χ0n) is 16.4. The van der Waals surface area contributed by atoms with Gasteiger partial charge in [-0.15, -0.1) is 0 Å². The van der Waals surface area contributed by atoms with Crippen LogP contribution in [0.2, 0.25) is 0 Å². The van der Waals surface area contributed by atoms with Gasteiger partial charge in [-0.25, -0.2) is 0 Å². The molecule has 4 aromatic rings. The Labute approximate surface area is 172 Å². The molecule has 0 atom stereocenters. The van der Waals surface area contributed by atoms with Crippen molar-refractivity contribution in [3.05, 3.63) is 132 Å². The molecule has 29 heavy (non-hydrogen) atoms. The Morgan fingerprint density at radius 2 is 1.00 bits per heavy atom. The van der Waals surface area contributed by atoms with Gasteiger partial charge in [0.1, 0.15) is 5.75 Å². The van der Waals surface area contributed by atoms with Crippen LogP contribution in [-0.2, 0) is 5.41 Å². The van der Waals surface area contributed by atoms with Gasteiger partial charge in [-0.05, 0) is 41.0 Å². The molecule has 0 saturated heterocycles. The third-order valence-electron chi connectivity index (χ3n) is 5.17. The van der Waals surface area contributed by atoms with Gasteiger partial charge in [0.25, 0.3) is 0 Å². The van der Waals surface area contributed by atoms with Crippen LogP contribution >= 0.6 is 0 Å². The Hall–Kier alpha value is -3.65. The lowest BCUT2D eigenvalue weighted by atomic mass is 9.70. The molecule has 0 radical (unpaired) electrons. The summed E-state index contributed by atoms with van der Waals surface area (Å²) in [6.45, 7) is 0. The Balaban J connectivity index is 1.93. The second-order valence-corrected chi connectivity index (χ2v) is 6.86. The highest BCUT2D eigenvalue weighted by molar-refractivity contribution is 5.86. The van der Waals surface area contributed by atoms with Gasteiger partial charge in [0, 0.05) is 6.21 Å². The van der Waals surface area contributed by atoms with E-state index in [-0.39, 0.29) is 0 Å². The maximum absolute atomic E-state index is 5.27. The number of rotatable bonds is 6. The van der Waals surface area contributed by atoms with E-state index in [1.54, 1.807) is 7.11 Å². The van der Waals surface area contributed by atoms with Crippen LogP contribution in [0.3, 0.4) is 0 Å². The largest absolute Gasteiger partial charge is 0.497 e. The van der Waals surface area contributed by atoms with Crippen LogP contribution in [0.25, 0.3) is 0 Å². The summed E-state index contributed by atoms with van der Waals surface area (Å²) in [6.07, 6.45) is 2.06. The molecule has 0 heterocycles. The third-order valence-corrected chi connectivity index (χ3v) is 5.17. The van der Waals surface area contributed by atoms with Crippen LogP contribution in [0.5, 0.6) is 5.75 Å². The van der Waals surface area contributed by atoms with Crippen molar-refractivity contribution in [2.45, 2.75) is 5.41 Å². The number of ether oxygens (including phenoxy) is 1. The first-order chi connectivity index (χ1) is 14.3. The molecule has 0 aliphatic heterocycles. The first kappa shape index (κ1) is 18.7. The number of hydrogen-bond acceptors (Lipinski definition) is 2. The Bertz CT molecular complexity index is 959. The van der Waals surface area contributed by atoms with E-state index in [0.29, 0.717) is 0 Å². The van der Waals surface area contributed by atoms with Gasteiger partial charge in [0.15, 0.2) is 0 Å². The monoisotopic (exact) mass is 377 g/mol. The van der Waals surface area contributed by atoms with Crippen LogP contribution in [0.15, 0.2) is 120 Å². The first-order valence-corrected chi connectivity index (χ1v) is 9.69. The van der Waals surface area contributed by atoms with Gasteiger partial charge in [-0.3, -0.25) is 4.99 Å². The van der Waals surface area contributed by atoms with E-state index in [2.05, 4.69) is 79.0 Å². The summed E-state index contributed by atoms with van der Waals surface area (Å²) < 4.78 is 5.27. The van der Waals surface area contributed by atoms with Crippen LogP contribution in [0, 0.1) is 0 Å². The molecular formula is C27H23NO. The summed E-state index contributed by atoms with van der Waals surface area (Å²) in [5.41, 5.74) is 3.92. The first-order valence-electron chi connectivity index (χ1n) is 9.69. The summed E-state index contributed by atoms with van der Waals surface area (Å²) in [4.78, 5) is 4.90. The Morgan fingerprint density at radius 1 is 0.586 bits per heavy atom. The summed E-state index contributed by atoms with van der Waals surface area (Å²) >= 11 is 0. The van der Waals surface area contributed by atoms with E-state index in [1.165, 1.54) is 16.7 Å². The van der Waals surface area contributed by atoms with Gasteiger partial charge < -0.3 is 4.74 Å². The highest BCUT2D eigenvalue weighted by Crippen LogP contribution is 2.38. The lowest BCUT2D eigenvalue weighted by molar-refractivity contribution is 0.415. The van der Waals surface area contributed by atoms with E-state index < -0.39 is 5.41 Å². The molecule has 0 amide bonds. The second kappa shape index (κ2) is 8.57. The number of benzene rings is 4. The molecule has 0 N–H and O–H groups in total. The Morgan fingerprint density at radius 3 is 1.38 bits per heavy atom. The van der Waals surface area contributed by atoms with Gasteiger partial charge in [-0.2, -0.15) is 0 Å². The predicted octanol–water partition coefficient (Wildman–Crippen LogP) is 6.43. The van der Waals surface area contributed by atoms with Crippen molar-refractivity contribution in [2.75, 3.05) is 7.11 Å². The van der Waals surface area contributed by atoms with E-state index in [4.69, 9.17) is 9.73 Å². The van der Waals surface area contributed by atoms with Crippen molar-refractivity contribution >= 4 is 11.9 Å². The smallest absolute Gasteiger partial charge is 0.119 e. The van der Waals surface area contributed by atoms with Crippen molar-refractivity contribution in [1.29, 1.82) is 0 Å². The lowest BCUT2D eigenvalue weighted by Gasteiger charge is -2.32. The van der Waals surface area contributed by atoms with E-state index >= 15 is 0 Å². The van der Waals surface area contributed by atoms with Crippen LogP contribution in [0.1, 0.15) is 16.7 Å². The van der Waals surface area contributed by atoms with E-state index in [9.17, 15) is 0 Å². The molecule has 0 fully saturated rings. The zero-order valence-corrected chi connectivity index (χ0v) is 16.4. The van der Waals surface area contributed by atoms with Crippen LogP contribution in [0.4, 0.5) is 5.69 Å². The van der Waals surface area contributed by atoms with E-state index in [1.807, 2.05) is 42.5 Å². The Kier molecular flexibility index (Phi) is 5.53. The highest BCUT2D eigenvalue weighted by atomic mass is 16.5. The highest BCUT2D eigenvalue weighted by Gasteiger charge is 2.34. The quantitative estimate of drug-likeness (QED) is 0.280. The molecule has 0 aliphatic carbocycles. The normalized spacial score (nSPS) is 11.5. The fourth-order valence-corrected chi connectivity index (χ4v) is 3.67. The van der Waals surface area contributed by atoms with Gasteiger partial charge in [-0.1, -0.05) is 91.0 Å². The number of aliphatic imine (C=N–C) groups is 1. The molecule has 2 nitrogen and oxygen atoms in total. The SMILES string of the molecule is COc1ccc(N=CC(c2ccccc2)(c2ccccc2)c2ccccc2)cc1. The zero-order chi connectivity index (χ0) is 19.9. The summed E-state index contributed by atoms with van der Waals surface area (Å²) in [6, 6.07) is 39.4. The number of methoxy groups -OCH3 is 1. The molecule has 0 saturated carbocycles. The molecule has 0 unspecified atom stereocenters. The van der Waals surface area contributed by atoms with Crippen molar-refractivity contribution < 1.29 is 4.74 Å². The van der Waals surface area contributed by atoms with Crippen molar-refractivity contribution in [1.82, 2.24) is 0 Å². The maximum Gasteiger partial charge on any atom is 0.119 e. The van der Waals surface area contributed by atoms with Gasteiger partial charge in [0.05, 0.1) is 18.2 Å². The van der Waals surface area contributed by atoms with Crippen LogP contribution in [-0.4, -0.2) is 13.3 Å². The topological polar surface area (TPSA) is 21.6 Å². The molecule has 4 aromatic carbocycles. The molecular weight excluding hydrogens is 354 g/mol. The fraction of sp³-hybridized carbons (Fsp3) is 0.0741. The summed E-state index contributed by atoms with van der Waals surface area (Å²) in [5, 5.41) is 0. The molecule has 0 aliphatic rings. The summed E-state index contributed by atoms with van der Waals surface area (Å²) in [7, 11) is 1.67. The second-order valence-electron chi connectivity index (χ2n) is 6.86. The van der Waals surface area contributed by atoms with Gasteiger partial charge in [0.2, 0.25) is 0 Å². The average molecular weight is 377 g/mol. The minimum absolute atomic E-state index is 0.496. The molecule has 2 heteroatoms. The minimum Gasteiger partial charge on any atom is -0.497 e. The fourth-order valence-electron chi connectivity index (χ4n) is 3.67. The molecule has 142 valence electrons. The lowest BCUT2D eigenvalue weighted by Crippen LogP contribution is -2.31. The van der Waals surface area contributed by atoms with Crippen LogP contribution < -0.4 is 4.74 Å². The molecule has 4 rings (SSSR count). The van der Waals surface area contributed by atoms with E-state index in [0.717, 1.165) is 11.4 Å². The molecule has 0 spiro atoms. The third kappa shape index (κ3) is 3.83.